The van der Waals surface area contributed by atoms with Gasteiger partial charge in [-0.25, -0.2) is 4.98 Å². The standard InChI is InChI=1S/C14H15N3O/c15-14-9-12(5-6-16-14)17-7-8-18-13-4-2-1-3-11(13)10-17/h1-6,9H,7-8,10H2,(H2,15,16). The minimum atomic E-state index is 0.547. The molecule has 2 heterocycles. The summed E-state index contributed by atoms with van der Waals surface area (Å²) in [5.41, 5.74) is 8.02. The molecule has 0 atom stereocenters. The van der Waals surface area contributed by atoms with Crippen molar-refractivity contribution in [1.29, 1.82) is 0 Å². The largest absolute Gasteiger partial charge is 0.491 e. The summed E-state index contributed by atoms with van der Waals surface area (Å²) >= 11 is 0. The van der Waals surface area contributed by atoms with Crippen molar-refractivity contribution in [2.75, 3.05) is 23.8 Å². The molecule has 0 spiro atoms. The van der Waals surface area contributed by atoms with Crippen LogP contribution < -0.4 is 15.4 Å². The number of hydrogen-bond acceptors (Lipinski definition) is 4. The molecule has 1 aromatic heterocycles. The molecule has 1 aliphatic heterocycles. The van der Waals surface area contributed by atoms with E-state index in [1.165, 1.54) is 5.56 Å². The molecular formula is C14H15N3O. The van der Waals surface area contributed by atoms with E-state index in [1.807, 2.05) is 30.3 Å². The van der Waals surface area contributed by atoms with Crippen LogP contribution in [-0.4, -0.2) is 18.1 Å². The SMILES string of the molecule is Nc1cc(N2CCOc3ccccc3C2)ccn1. The zero-order chi connectivity index (χ0) is 12.4. The fourth-order valence-corrected chi connectivity index (χ4v) is 2.18. The van der Waals surface area contributed by atoms with Crippen LogP contribution in [0.3, 0.4) is 0 Å². The number of fused-ring (bicyclic) bond motifs is 1. The monoisotopic (exact) mass is 241 g/mol. The van der Waals surface area contributed by atoms with Gasteiger partial charge in [0, 0.05) is 30.1 Å². The minimum Gasteiger partial charge on any atom is -0.491 e. The number of hydrogen-bond donors (Lipinski definition) is 1. The molecule has 2 N–H and O–H groups in total. The number of benzene rings is 1. The third-order valence-corrected chi connectivity index (χ3v) is 3.08. The molecule has 2 aromatic rings. The van der Waals surface area contributed by atoms with Gasteiger partial charge in [-0.2, -0.15) is 0 Å². The molecule has 0 unspecified atom stereocenters. The Labute approximate surface area is 106 Å². The summed E-state index contributed by atoms with van der Waals surface area (Å²) < 4.78 is 5.74. The normalized spacial score (nSPS) is 14.6. The van der Waals surface area contributed by atoms with Gasteiger partial charge in [0.25, 0.3) is 0 Å². The zero-order valence-corrected chi connectivity index (χ0v) is 10.0. The molecule has 18 heavy (non-hydrogen) atoms. The number of ether oxygens (including phenoxy) is 1. The maximum atomic E-state index is 5.74. The van der Waals surface area contributed by atoms with Gasteiger partial charge in [-0.15, -0.1) is 0 Å². The fraction of sp³-hybridized carbons (Fsp3) is 0.214. The number of aromatic nitrogens is 1. The molecule has 3 rings (SSSR count). The van der Waals surface area contributed by atoms with Gasteiger partial charge in [0.1, 0.15) is 18.2 Å². The van der Waals surface area contributed by atoms with E-state index in [-0.39, 0.29) is 0 Å². The molecule has 1 aromatic carbocycles. The summed E-state index contributed by atoms with van der Waals surface area (Å²) in [5, 5.41) is 0. The lowest BCUT2D eigenvalue weighted by Gasteiger charge is -2.22. The molecule has 0 fully saturated rings. The number of nitrogen functional groups attached to an aromatic ring is 1. The smallest absolute Gasteiger partial charge is 0.125 e. The Balaban J connectivity index is 1.91. The maximum Gasteiger partial charge on any atom is 0.125 e. The average molecular weight is 241 g/mol. The zero-order valence-electron chi connectivity index (χ0n) is 10.0. The molecule has 0 saturated heterocycles. The molecule has 0 aliphatic carbocycles. The molecule has 4 heteroatoms. The number of nitrogens with two attached hydrogens (primary N) is 1. The van der Waals surface area contributed by atoms with E-state index in [4.69, 9.17) is 10.5 Å². The van der Waals surface area contributed by atoms with Crippen molar-refractivity contribution in [3.05, 3.63) is 48.2 Å². The molecule has 1 aliphatic rings. The number of para-hydroxylation sites is 1. The molecule has 0 bridgehead atoms. The molecule has 0 amide bonds. The third-order valence-electron chi connectivity index (χ3n) is 3.08. The van der Waals surface area contributed by atoms with Crippen molar-refractivity contribution in [3.8, 4) is 5.75 Å². The summed E-state index contributed by atoms with van der Waals surface area (Å²) in [6, 6.07) is 12.0. The first-order valence-electron chi connectivity index (χ1n) is 6.00. The van der Waals surface area contributed by atoms with Crippen LogP contribution in [0.25, 0.3) is 0 Å². The predicted octanol–water partition coefficient (Wildman–Crippen LogP) is 2.06. The second kappa shape index (κ2) is 4.56. The Morgan fingerprint density at radius 2 is 2.11 bits per heavy atom. The first-order valence-corrected chi connectivity index (χ1v) is 6.00. The minimum absolute atomic E-state index is 0.547. The van der Waals surface area contributed by atoms with Crippen LogP contribution in [0, 0.1) is 0 Å². The lowest BCUT2D eigenvalue weighted by atomic mass is 10.2. The number of rotatable bonds is 1. The lowest BCUT2D eigenvalue weighted by Crippen LogP contribution is -2.25. The Kier molecular flexibility index (Phi) is 2.76. The van der Waals surface area contributed by atoms with Crippen LogP contribution in [-0.2, 0) is 6.54 Å². The Hall–Kier alpha value is -2.23. The number of nitrogens with zero attached hydrogens (tertiary/aromatic N) is 2. The van der Waals surface area contributed by atoms with E-state index < -0.39 is 0 Å². The van der Waals surface area contributed by atoms with Gasteiger partial charge in [0.15, 0.2) is 0 Å². The van der Waals surface area contributed by atoms with Crippen molar-refractivity contribution < 1.29 is 4.74 Å². The van der Waals surface area contributed by atoms with E-state index in [0.29, 0.717) is 12.4 Å². The van der Waals surface area contributed by atoms with Crippen molar-refractivity contribution in [1.82, 2.24) is 4.98 Å². The highest BCUT2D eigenvalue weighted by atomic mass is 16.5. The molecular weight excluding hydrogens is 226 g/mol. The van der Waals surface area contributed by atoms with E-state index in [1.54, 1.807) is 6.20 Å². The van der Waals surface area contributed by atoms with Crippen molar-refractivity contribution in [2.45, 2.75) is 6.54 Å². The molecule has 0 radical (unpaired) electrons. The van der Waals surface area contributed by atoms with Gasteiger partial charge >= 0.3 is 0 Å². The van der Waals surface area contributed by atoms with E-state index in [0.717, 1.165) is 24.5 Å². The predicted molar refractivity (Wildman–Crippen MR) is 71.6 cm³/mol. The topological polar surface area (TPSA) is 51.4 Å². The van der Waals surface area contributed by atoms with Crippen molar-refractivity contribution in [3.63, 3.8) is 0 Å². The van der Waals surface area contributed by atoms with E-state index in [9.17, 15) is 0 Å². The van der Waals surface area contributed by atoms with Gasteiger partial charge in [-0.1, -0.05) is 18.2 Å². The van der Waals surface area contributed by atoms with Crippen LogP contribution >= 0.6 is 0 Å². The number of pyridine rings is 1. The number of anilines is 2. The Bertz CT molecular complexity index is 556. The van der Waals surface area contributed by atoms with E-state index >= 15 is 0 Å². The average Bonchev–Trinajstić information content (AvgIpc) is 2.60. The maximum absolute atomic E-state index is 5.74. The van der Waals surface area contributed by atoms with Gasteiger partial charge in [0.05, 0.1) is 6.54 Å². The fourth-order valence-electron chi connectivity index (χ4n) is 2.18. The molecule has 4 nitrogen and oxygen atoms in total. The van der Waals surface area contributed by atoms with Crippen LogP contribution in [0.5, 0.6) is 5.75 Å². The Morgan fingerprint density at radius 1 is 1.22 bits per heavy atom. The first kappa shape index (κ1) is 10.9. The third kappa shape index (κ3) is 2.09. The summed E-state index contributed by atoms with van der Waals surface area (Å²) in [6.07, 6.45) is 1.74. The van der Waals surface area contributed by atoms with Gasteiger partial charge in [-0.05, 0) is 12.1 Å². The van der Waals surface area contributed by atoms with Crippen LogP contribution in [0.15, 0.2) is 42.6 Å². The highest BCUT2D eigenvalue weighted by Crippen LogP contribution is 2.26. The van der Waals surface area contributed by atoms with Gasteiger partial charge < -0.3 is 15.4 Å². The second-order valence-corrected chi connectivity index (χ2v) is 4.32. The molecule has 92 valence electrons. The quantitative estimate of drug-likeness (QED) is 0.830. The summed E-state index contributed by atoms with van der Waals surface area (Å²) in [5.74, 6) is 1.52. The van der Waals surface area contributed by atoms with Gasteiger partial charge in [0.2, 0.25) is 0 Å². The van der Waals surface area contributed by atoms with Crippen LogP contribution in [0.2, 0.25) is 0 Å². The molecule has 0 saturated carbocycles. The van der Waals surface area contributed by atoms with Crippen LogP contribution in [0.4, 0.5) is 11.5 Å². The lowest BCUT2D eigenvalue weighted by molar-refractivity contribution is 0.331. The van der Waals surface area contributed by atoms with Crippen molar-refractivity contribution in [2.24, 2.45) is 0 Å². The highest BCUT2D eigenvalue weighted by molar-refractivity contribution is 5.53. The first-order chi connectivity index (χ1) is 8.83. The highest BCUT2D eigenvalue weighted by Gasteiger charge is 2.15. The summed E-state index contributed by atoms with van der Waals surface area (Å²) in [6.45, 7) is 2.36. The van der Waals surface area contributed by atoms with E-state index in [2.05, 4.69) is 16.0 Å². The summed E-state index contributed by atoms with van der Waals surface area (Å²) in [4.78, 5) is 6.28. The summed E-state index contributed by atoms with van der Waals surface area (Å²) in [7, 11) is 0. The van der Waals surface area contributed by atoms with Crippen molar-refractivity contribution >= 4 is 11.5 Å². The van der Waals surface area contributed by atoms with Gasteiger partial charge in [-0.3, -0.25) is 0 Å². The second-order valence-electron chi connectivity index (χ2n) is 4.32. The van der Waals surface area contributed by atoms with Crippen LogP contribution in [0.1, 0.15) is 5.56 Å². The Morgan fingerprint density at radius 3 is 3.00 bits per heavy atom.